The number of unbranched alkanes of at least 4 members (excludes halogenated alkanes) is 2. The van der Waals surface area contributed by atoms with Gasteiger partial charge in [-0.15, -0.1) is 12.2 Å². The summed E-state index contributed by atoms with van der Waals surface area (Å²) in [5, 5.41) is 47.1. The number of hydrogen-bond acceptors (Lipinski definition) is 6. The Morgan fingerprint density at radius 2 is 1.02 bits per heavy atom. The lowest BCUT2D eigenvalue weighted by molar-refractivity contribution is -0.535. The molecule has 6 heteroatoms. The molecule has 4 aromatic carbocycles. The Bertz CT molecular complexity index is 1620. The van der Waals surface area contributed by atoms with Crippen LogP contribution in [0.1, 0.15) is 89.2 Å². The molecule has 1 aliphatic carbocycles. The molecule has 0 amide bonds. The Kier molecular flexibility index (Phi) is 6.55. The van der Waals surface area contributed by atoms with Crippen LogP contribution in [-0.4, -0.2) is 23.5 Å². The summed E-state index contributed by atoms with van der Waals surface area (Å²) in [4.78, 5) is 0. The Morgan fingerprint density at radius 3 is 1.50 bits per heavy atom. The van der Waals surface area contributed by atoms with Gasteiger partial charge in [-0.2, -0.15) is 0 Å². The summed E-state index contributed by atoms with van der Waals surface area (Å²) in [6.45, 7) is 8.67. The molecule has 2 unspecified atom stereocenters. The monoisotopic (exact) mass is 562 g/mol. The second-order valence-electron chi connectivity index (χ2n) is 13.3. The second kappa shape index (κ2) is 10.1. The van der Waals surface area contributed by atoms with Crippen molar-refractivity contribution in [1.29, 1.82) is 0 Å². The van der Waals surface area contributed by atoms with Crippen LogP contribution in [-0.2, 0) is 0 Å². The van der Waals surface area contributed by atoms with Gasteiger partial charge >= 0.3 is 0 Å². The van der Waals surface area contributed by atoms with E-state index in [1.807, 2.05) is 18.2 Å². The van der Waals surface area contributed by atoms with Crippen LogP contribution in [0.25, 0.3) is 21.5 Å². The molecular weight excluding hydrogens is 520 g/mol. The fraction of sp³-hybridized carbons (Fsp3) is 0.444. The third-order valence-corrected chi connectivity index (χ3v) is 9.84. The minimum Gasteiger partial charge on any atom is -0.851 e. The van der Waals surface area contributed by atoms with Gasteiger partial charge in [0.1, 0.15) is 11.3 Å². The summed E-state index contributed by atoms with van der Waals surface area (Å²) in [5.41, 5.74) is 5.57. The fourth-order valence-electron chi connectivity index (χ4n) is 7.82. The third-order valence-electron chi connectivity index (χ3n) is 9.84. The van der Waals surface area contributed by atoms with Crippen molar-refractivity contribution in [2.24, 2.45) is 0 Å². The van der Waals surface area contributed by atoms with Crippen LogP contribution in [0.5, 0.6) is 0 Å². The first-order chi connectivity index (χ1) is 20.3. The maximum Gasteiger partial charge on any atom is 0.108 e. The molecule has 0 radical (unpaired) electrons. The van der Waals surface area contributed by atoms with E-state index in [1.54, 1.807) is 0 Å². The highest BCUT2D eigenvalue weighted by Crippen LogP contribution is 2.52. The SMILES string of the molecule is CCCCC1(CCCC)Nc2cccc3c(C4C([O-])C(c5ccc6c7c(cccc57)NC(C)(C)N6)C4[O-])ccc(c23)N1. The predicted octanol–water partition coefficient (Wildman–Crippen LogP) is 6.82. The average molecular weight is 563 g/mol. The predicted molar refractivity (Wildman–Crippen MR) is 171 cm³/mol. The van der Waals surface area contributed by atoms with E-state index < -0.39 is 24.0 Å². The van der Waals surface area contributed by atoms with Gasteiger partial charge in [-0.05, 0) is 97.5 Å². The van der Waals surface area contributed by atoms with Gasteiger partial charge in [-0.25, -0.2) is 0 Å². The Hall–Kier alpha value is -3.48. The van der Waals surface area contributed by atoms with Gasteiger partial charge in [0, 0.05) is 33.5 Å². The van der Waals surface area contributed by atoms with E-state index in [9.17, 15) is 10.2 Å². The van der Waals surface area contributed by atoms with E-state index in [4.69, 9.17) is 0 Å². The first-order valence-electron chi connectivity index (χ1n) is 15.8. The van der Waals surface area contributed by atoms with Gasteiger partial charge in [-0.3, -0.25) is 0 Å². The summed E-state index contributed by atoms with van der Waals surface area (Å²) >= 11 is 0. The molecule has 42 heavy (non-hydrogen) atoms. The van der Waals surface area contributed by atoms with E-state index in [0.717, 1.165) is 93.9 Å². The summed E-state index contributed by atoms with van der Waals surface area (Å²) in [7, 11) is 0. The molecule has 1 fully saturated rings. The van der Waals surface area contributed by atoms with Crippen molar-refractivity contribution in [1.82, 2.24) is 0 Å². The lowest BCUT2D eigenvalue weighted by Gasteiger charge is -2.62. The molecule has 0 saturated heterocycles. The van der Waals surface area contributed by atoms with E-state index in [2.05, 4.69) is 91.4 Å². The molecule has 7 rings (SSSR count). The summed E-state index contributed by atoms with van der Waals surface area (Å²) in [6.07, 6.45) is 4.69. The van der Waals surface area contributed by atoms with Crippen molar-refractivity contribution in [3.63, 3.8) is 0 Å². The van der Waals surface area contributed by atoms with E-state index >= 15 is 0 Å². The second-order valence-corrected chi connectivity index (χ2v) is 13.3. The molecule has 220 valence electrons. The Balaban J connectivity index is 1.23. The van der Waals surface area contributed by atoms with Crippen molar-refractivity contribution in [3.8, 4) is 0 Å². The maximum atomic E-state index is 14.0. The van der Waals surface area contributed by atoms with Gasteiger partial charge in [-0.1, -0.05) is 63.1 Å². The number of hydrogen-bond donors (Lipinski definition) is 4. The largest absolute Gasteiger partial charge is 0.851 e. The van der Waals surface area contributed by atoms with Crippen LogP contribution in [0.2, 0.25) is 0 Å². The van der Waals surface area contributed by atoms with Crippen molar-refractivity contribution in [2.45, 2.75) is 102 Å². The molecule has 0 spiro atoms. The van der Waals surface area contributed by atoms with Crippen molar-refractivity contribution in [2.75, 3.05) is 21.3 Å². The van der Waals surface area contributed by atoms with Crippen LogP contribution in [0, 0.1) is 0 Å². The van der Waals surface area contributed by atoms with Crippen LogP contribution in [0.15, 0.2) is 60.7 Å². The zero-order valence-electron chi connectivity index (χ0n) is 25.1. The first kappa shape index (κ1) is 27.4. The molecule has 4 N–H and O–H groups in total. The highest BCUT2D eigenvalue weighted by Gasteiger charge is 2.41. The molecule has 2 aliphatic heterocycles. The average Bonchev–Trinajstić information content (AvgIpc) is 2.97. The standard InChI is InChI=1S/C36H42N4O2/c1-5-7-19-36(20-8-6-2)39-26-14-10-12-22-24(16-18-28(40-36)30(22)26)32-33(41)31(34(32)42)23-15-17-27-29-21(23)11-9-13-25(29)37-35(3,4)38-27/h9-18,31-34,37-40H,5-8,19-20H2,1-4H3/q-2. The highest BCUT2D eigenvalue weighted by molar-refractivity contribution is 6.08. The quantitative estimate of drug-likeness (QED) is 0.188. The topological polar surface area (TPSA) is 94.2 Å². The Labute approximate surface area is 248 Å². The minimum absolute atomic E-state index is 0.175. The molecule has 4 aromatic rings. The fourth-order valence-corrected chi connectivity index (χ4v) is 7.82. The third kappa shape index (κ3) is 4.22. The van der Waals surface area contributed by atoms with Crippen molar-refractivity contribution < 1.29 is 10.2 Å². The highest BCUT2D eigenvalue weighted by atomic mass is 16.3. The molecule has 2 atom stereocenters. The Morgan fingerprint density at radius 1 is 0.595 bits per heavy atom. The van der Waals surface area contributed by atoms with Gasteiger partial charge < -0.3 is 31.5 Å². The minimum atomic E-state index is -1.000. The number of rotatable bonds is 8. The molecule has 6 nitrogen and oxygen atoms in total. The molecule has 2 heterocycles. The van der Waals surface area contributed by atoms with Crippen LogP contribution >= 0.6 is 0 Å². The molecule has 1 saturated carbocycles. The van der Waals surface area contributed by atoms with Crippen molar-refractivity contribution >= 4 is 44.3 Å². The van der Waals surface area contributed by atoms with Gasteiger partial charge in [0.25, 0.3) is 0 Å². The smallest absolute Gasteiger partial charge is 0.108 e. The zero-order valence-corrected chi connectivity index (χ0v) is 25.1. The van der Waals surface area contributed by atoms with Crippen LogP contribution < -0.4 is 31.5 Å². The van der Waals surface area contributed by atoms with Gasteiger partial charge in [0.15, 0.2) is 0 Å². The van der Waals surface area contributed by atoms with Gasteiger partial charge in [0.05, 0.1) is 0 Å². The summed E-state index contributed by atoms with van der Waals surface area (Å²) < 4.78 is 0. The number of nitrogens with one attached hydrogen (secondary N) is 4. The maximum absolute atomic E-state index is 14.0. The van der Waals surface area contributed by atoms with E-state index in [1.165, 1.54) is 0 Å². The molecule has 0 aromatic heterocycles. The lowest BCUT2D eigenvalue weighted by atomic mass is 9.62. The number of anilines is 4. The molecular formula is C36H42N4O2-2. The number of benzene rings is 4. The molecule has 3 aliphatic rings. The zero-order chi connectivity index (χ0) is 29.2. The lowest BCUT2D eigenvalue weighted by Crippen LogP contribution is -2.63. The van der Waals surface area contributed by atoms with Crippen LogP contribution in [0.3, 0.4) is 0 Å². The van der Waals surface area contributed by atoms with Crippen molar-refractivity contribution in [3.05, 3.63) is 71.8 Å². The van der Waals surface area contributed by atoms with Crippen LogP contribution in [0.4, 0.5) is 22.7 Å². The summed E-state index contributed by atoms with van der Waals surface area (Å²) in [6, 6.07) is 20.6. The first-order valence-corrected chi connectivity index (χ1v) is 15.8. The summed E-state index contributed by atoms with van der Waals surface area (Å²) in [5.74, 6) is -1.15. The normalized spacial score (nSPS) is 24.7. The van der Waals surface area contributed by atoms with Gasteiger partial charge in [0.2, 0.25) is 0 Å². The molecule has 0 bridgehead atoms. The van der Waals surface area contributed by atoms with E-state index in [0.29, 0.717) is 0 Å². The van der Waals surface area contributed by atoms with E-state index in [-0.39, 0.29) is 11.3 Å².